The Morgan fingerprint density at radius 2 is 2.17 bits per heavy atom. The van der Waals surface area contributed by atoms with Crippen LogP contribution >= 0.6 is 15.9 Å². The molecule has 0 atom stereocenters. The van der Waals surface area contributed by atoms with Gasteiger partial charge in [0.15, 0.2) is 0 Å². The predicted octanol–water partition coefficient (Wildman–Crippen LogP) is 2.88. The summed E-state index contributed by atoms with van der Waals surface area (Å²) in [4.78, 5) is 8.09. The van der Waals surface area contributed by atoms with Gasteiger partial charge in [0.2, 0.25) is 5.95 Å². The van der Waals surface area contributed by atoms with E-state index in [-0.39, 0.29) is 5.95 Å². The summed E-state index contributed by atoms with van der Waals surface area (Å²) >= 11 is 3.42. The number of halogens is 1. The van der Waals surface area contributed by atoms with Crippen molar-refractivity contribution in [3.8, 4) is 5.75 Å². The van der Waals surface area contributed by atoms with Crippen molar-refractivity contribution in [2.75, 3.05) is 18.2 Å². The van der Waals surface area contributed by atoms with Crippen LogP contribution in [0.5, 0.6) is 5.75 Å². The molecule has 1 heterocycles. The minimum Gasteiger partial charge on any atom is -0.495 e. The van der Waals surface area contributed by atoms with Gasteiger partial charge in [-0.25, -0.2) is 4.98 Å². The van der Waals surface area contributed by atoms with Crippen LogP contribution in [0.3, 0.4) is 0 Å². The number of nitrogen functional groups attached to an aromatic ring is 1. The van der Waals surface area contributed by atoms with Crippen molar-refractivity contribution in [1.29, 1.82) is 0 Å². The van der Waals surface area contributed by atoms with E-state index in [0.717, 1.165) is 21.5 Å². The number of methoxy groups -OCH3 is 1. The third-order valence-corrected chi connectivity index (χ3v) is 2.90. The minimum atomic E-state index is 0.233. The van der Waals surface area contributed by atoms with Crippen molar-refractivity contribution in [2.24, 2.45) is 0 Å². The summed E-state index contributed by atoms with van der Waals surface area (Å²) in [5.41, 5.74) is 7.30. The second kappa shape index (κ2) is 5.22. The van der Waals surface area contributed by atoms with Crippen molar-refractivity contribution in [3.63, 3.8) is 0 Å². The summed E-state index contributed by atoms with van der Waals surface area (Å²) in [5, 5.41) is 3.19. The quantitative estimate of drug-likeness (QED) is 0.912. The van der Waals surface area contributed by atoms with Crippen molar-refractivity contribution in [3.05, 3.63) is 34.4 Å². The van der Waals surface area contributed by atoms with Gasteiger partial charge >= 0.3 is 0 Å². The van der Waals surface area contributed by atoms with Gasteiger partial charge in [0.1, 0.15) is 11.6 Å². The van der Waals surface area contributed by atoms with E-state index >= 15 is 0 Å². The van der Waals surface area contributed by atoms with Crippen LogP contribution in [0.15, 0.2) is 28.9 Å². The maximum Gasteiger partial charge on any atom is 0.221 e. The average molecular weight is 309 g/mol. The molecule has 0 unspecified atom stereocenters. The number of nitrogens with one attached hydrogen (secondary N) is 1. The van der Waals surface area contributed by atoms with E-state index in [0.29, 0.717) is 5.82 Å². The Morgan fingerprint density at radius 1 is 1.39 bits per heavy atom. The number of aryl methyl sites for hydroxylation is 1. The summed E-state index contributed by atoms with van der Waals surface area (Å²) in [6, 6.07) is 5.69. The number of aromatic nitrogens is 2. The van der Waals surface area contributed by atoms with Crippen molar-refractivity contribution >= 4 is 33.4 Å². The van der Waals surface area contributed by atoms with Crippen LogP contribution in [0.2, 0.25) is 0 Å². The zero-order valence-corrected chi connectivity index (χ0v) is 11.7. The number of rotatable bonds is 3. The van der Waals surface area contributed by atoms with Crippen LogP contribution < -0.4 is 15.8 Å². The highest BCUT2D eigenvalue weighted by atomic mass is 79.9. The van der Waals surface area contributed by atoms with E-state index in [1.54, 1.807) is 13.3 Å². The zero-order valence-electron chi connectivity index (χ0n) is 10.1. The Balaban J connectivity index is 2.38. The molecule has 0 spiro atoms. The lowest BCUT2D eigenvalue weighted by Crippen LogP contribution is -2.03. The van der Waals surface area contributed by atoms with E-state index < -0.39 is 0 Å². The fourth-order valence-electron chi connectivity index (χ4n) is 1.49. The molecule has 0 fully saturated rings. The van der Waals surface area contributed by atoms with Gasteiger partial charge < -0.3 is 15.8 Å². The molecule has 1 aromatic heterocycles. The summed E-state index contributed by atoms with van der Waals surface area (Å²) < 4.78 is 6.23. The number of hydrogen-bond donors (Lipinski definition) is 2. The Bertz CT molecular complexity index is 574. The lowest BCUT2D eigenvalue weighted by molar-refractivity contribution is 0.416. The van der Waals surface area contributed by atoms with Gasteiger partial charge in [-0.1, -0.05) is 15.9 Å². The smallest absolute Gasteiger partial charge is 0.221 e. The number of hydrogen-bond acceptors (Lipinski definition) is 5. The number of ether oxygens (including phenoxy) is 1. The van der Waals surface area contributed by atoms with Crippen LogP contribution in [0.4, 0.5) is 17.5 Å². The molecule has 0 aliphatic rings. The van der Waals surface area contributed by atoms with Crippen LogP contribution in [0.1, 0.15) is 5.56 Å². The molecule has 6 heteroatoms. The molecule has 18 heavy (non-hydrogen) atoms. The summed E-state index contributed by atoms with van der Waals surface area (Å²) in [7, 11) is 1.62. The number of benzene rings is 1. The van der Waals surface area contributed by atoms with Gasteiger partial charge in [0, 0.05) is 16.2 Å². The number of anilines is 3. The molecule has 5 nitrogen and oxygen atoms in total. The van der Waals surface area contributed by atoms with Crippen LogP contribution in [0, 0.1) is 6.92 Å². The van der Waals surface area contributed by atoms with Gasteiger partial charge in [-0.3, -0.25) is 0 Å². The second-order valence-corrected chi connectivity index (χ2v) is 4.65. The fraction of sp³-hybridized carbons (Fsp3) is 0.167. The third-order valence-electron chi connectivity index (χ3n) is 2.40. The summed E-state index contributed by atoms with van der Waals surface area (Å²) in [6.45, 7) is 1.91. The van der Waals surface area contributed by atoms with Crippen LogP contribution in [-0.2, 0) is 0 Å². The molecule has 2 rings (SSSR count). The van der Waals surface area contributed by atoms with Crippen molar-refractivity contribution in [1.82, 2.24) is 9.97 Å². The maximum atomic E-state index is 5.58. The van der Waals surface area contributed by atoms with Crippen molar-refractivity contribution in [2.45, 2.75) is 6.92 Å². The van der Waals surface area contributed by atoms with Crippen LogP contribution in [-0.4, -0.2) is 17.1 Å². The first-order chi connectivity index (χ1) is 8.60. The maximum absolute atomic E-state index is 5.58. The zero-order chi connectivity index (χ0) is 13.1. The van der Waals surface area contributed by atoms with Gasteiger partial charge in [-0.2, -0.15) is 4.98 Å². The molecule has 0 radical (unpaired) electrons. The Labute approximate surface area is 114 Å². The lowest BCUT2D eigenvalue weighted by atomic mass is 10.2. The second-order valence-electron chi connectivity index (χ2n) is 3.73. The molecular formula is C12H13BrN4O. The normalized spacial score (nSPS) is 10.2. The molecular weight excluding hydrogens is 296 g/mol. The largest absolute Gasteiger partial charge is 0.495 e. The highest BCUT2D eigenvalue weighted by Gasteiger charge is 2.07. The predicted molar refractivity (Wildman–Crippen MR) is 75.2 cm³/mol. The molecule has 94 valence electrons. The van der Waals surface area contributed by atoms with Crippen molar-refractivity contribution < 1.29 is 4.74 Å². The first-order valence-corrected chi connectivity index (χ1v) is 6.09. The van der Waals surface area contributed by atoms with E-state index in [4.69, 9.17) is 10.5 Å². The number of nitrogens with two attached hydrogens (primary N) is 1. The Hall–Kier alpha value is -1.82. The standard InChI is InChI=1S/C12H13BrN4O/c1-7-6-15-12(14)17-11(7)16-9-5-8(13)3-4-10(9)18-2/h3-6H,1-2H3,(H3,14,15,16,17). The minimum absolute atomic E-state index is 0.233. The molecule has 0 bridgehead atoms. The molecule has 0 aliphatic heterocycles. The Morgan fingerprint density at radius 3 is 2.89 bits per heavy atom. The highest BCUT2D eigenvalue weighted by Crippen LogP contribution is 2.30. The van der Waals surface area contributed by atoms with Gasteiger partial charge in [0.05, 0.1) is 12.8 Å². The van der Waals surface area contributed by atoms with Crippen LogP contribution in [0.25, 0.3) is 0 Å². The molecule has 2 aromatic rings. The SMILES string of the molecule is COc1ccc(Br)cc1Nc1nc(N)ncc1C. The molecule has 0 amide bonds. The topological polar surface area (TPSA) is 73.1 Å². The molecule has 0 aliphatic carbocycles. The van der Waals surface area contributed by atoms with Gasteiger partial charge in [0.25, 0.3) is 0 Å². The monoisotopic (exact) mass is 308 g/mol. The van der Waals surface area contributed by atoms with Gasteiger partial charge in [-0.05, 0) is 25.1 Å². The lowest BCUT2D eigenvalue weighted by Gasteiger charge is -2.12. The molecule has 1 aromatic carbocycles. The fourth-order valence-corrected chi connectivity index (χ4v) is 1.85. The summed E-state index contributed by atoms with van der Waals surface area (Å²) in [5.74, 6) is 1.63. The average Bonchev–Trinajstić information content (AvgIpc) is 2.34. The number of nitrogens with zero attached hydrogens (tertiary/aromatic N) is 2. The molecule has 0 saturated heterocycles. The molecule has 3 N–H and O–H groups in total. The first-order valence-electron chi connectivity index (χ1n) is 5.30. The van der Waals surface area contributed by atoms with E-state index in [2.05, 4.69) is 31.2 Å². The first kappa shape index (κ1) is 12.6. The third kappa shape index (κ3) is 2.70. The summed E-state index contributed by atoms with van der Waals surface area (Å²) in [6.07, 6.45) is 1.68. The van der Waals surface area contributed by atoms with E-state index in [1.165, 1.54) is 0 Å². The van der Waals surface area contributed by atoms with E-state index in [1.807, 2.05) is 25.1 Å². The Kier molecular flexibility index (Phi) is 3.66. The van der Waals surface area contributed by atoms with E-state index in [9.17, 15) is 0 Å². The van der Waals surface area contributed by atoms with Gasteiger partial charge in [-0.15, -0.1) is 0 Å². The molecule has 0 saturated carbocycles. The highest BCUT2D eigenvalue weighted by molar-refractivity contribution is 9.10.